The second kappa shape index (κ2) is 16.8. The van der Waals surface area contributed by atoms with E-state index in [1.807, 2.05) is 60.7 Å². The molecule has 2 fully saturated rings. The number of allylic oxidation sites excluding steroid dienone is 1. The van der Waals surface area contributed by atoms with Crippen molar-refractivity contribution >= 4 is 17.6 Å². The molecule has 0 spiro atoms. The minimum Gasteiger partial charge on any atom is -0.282 e. The number of hydrogen-bond acceptors (Lipinski definition) is 3. The van der Waals surface area contributed by atoms with Crippen LogP contribution in [-0.4, -0.2) is 21.5 Å². The third-order valence-corrected chi connectivity index (χ3v) is 12.7. The number of rotatable bonds is 10. The number of fused-ring (bicyclic) bond motifs is 2. The van der Waals surface area contributed by atoms with Gasteiger partial charge in [-0.2, -0.15) is 0 Å². The van der Waals surface area contributed by atoms with Gasteiger partial charge in [0.05, 0.1) is 17.1 Å². The molecule has 2 aliphatic carbocycles. The SMILES string of the molecule is N=C(N=C(/C=C/c1ccccc1)c1ccc(-c2ccccc2)cc1)c1cccc(-c2cccc(-c3cc(-c4cccc(C56CCC(CC5)C6)c4)nc(-c4ccccc4)n3)c2)c1. The highest BCUT2D eigenvalue weighted by Gasteiger charge is 2.45. The lowest BCUT2D eigenvalue weighted by atomic mass is 9.77. The summed E-state index contributed by atoms with van der Waals surface area (Å²) in [5.74, 6) is 1.79. The second-order valence-electron chi connectivity index (χ2n) is 16.5. The van der Waals surface area contributed by atoms with Gasteiger partial charge in [-0.3, -0.25) is 5.41 Å². The van der Waals surface area contributed by atoms with E-state index >= 15 is 0 Å². The average Bonchev–Trinajstić information content (AvgIpc) is 3.97. The number of hydrogen-bond donors (Lipinski definition) is 1. The normalized spacial score (nSPS) is 17.2. The van der Waals surface area contributed by atoms with E-state index < -0.39 is 0 Å². The molecule has 2 aliphatic rings. The molecule has 0 atom stereocenters. The summed E-state index contributed by atoms with van der Waals surface area (Å²) < 4.78 is 0. The molecule has 61 heavy (non-hydrogen) atoms. The molecule has 4 nitrogen and oxygen atoms in total. The average molecular weight is 787 g/mol. The number of nitrogens with zero attached hydrogens (tertiary/aromatic N) is 3. The van der Waals surface area contributed by atoms with E-state index in [4.69, 9.17) is 15.0 Å². The molecule has 0 radical (unpaired) electrons. The summed E-state index contributed by atoms with van der Waals surface area (Å²) in [4.78, 5) is 15.3. The Morgan fingerprint density at radius 3 is 1.74 bits per heavy atom. The zero-order chi connectivity index (χ0) is 41.0. The molecule has 8 aromatic rings. The molecule has 2 saturated carbocycles. The molecule has 0 saturated heterocycles. The fraction of sp³-hybridized carbons (Fsp3) is 0.123. The zero-order valence-corrected chi connectivity index (χ0v) is 34.1. The molecule has 1 heterocycles. The first-order chi connectivity index (χ1) is 30.0. The van der Waals surface area contributed by atoms with Crippen molar-refractivity contribution in [2.24, 2.45) is 10.9 Å². The number of benzene rings is 7. The van der Waals surface area contributed by atoms with Gasteiger partial charge in [0.2, 0.25) is 0 Å². The number of nitrogens with one attached hydrogen (secondary N) is 1. The van der Waals surface area contributed by atoms with Crippen LogP contribution in [-0.2, 0) is 5.41 Å². The molecule has 4 heteroatoms. The van der Waals surface area contributed by atoms with E-state index in [-0.39, 0.29) is 5.84 Å². The monoisotopic (exact) mass is 786 g/mol. The fourth-order valence-corrected chi connectivity index (χ4v) is 9.36. The van der Waals surface area contributed by atoms with E-state index in [9.17, 15) is 5.41 Å². The number of amidine groups is 1. The van der Waals surface area contributed by atoms with Gasteiger partial charge in [-0.15, -0.1) is 0 Å². The molecule has 0 amide bonds. The maximum Gasteiger partial charge on any atom is 0.160 e. The summed E-state index contributed by atoms with van der Waals surface area (Å²) in [6.07, 6.45) is 10.7. The van der Waals surface area contributed by atoms with Gasteiger partial charge in [0.1, 0.15) is 0 Å². The van der Waals surface area contributed by atoms with Gasteiger partial charge in [-0.05, 0) is 107 Å². The molecule has 1 aromatic heterocycles. The van der Waals surface area contributed by atoms with Crippen LogP contribution in [0.3, 0.4) is 0 Å². The van der Waals surface area contributed by atoms with Gasteiger partial charge in [0.15, 0.2) is 11.7 Å². The van der Waals surface area contributed by atoms with Crippen LogP contribution in [0.15, 0.2) is 205 Å². The maximum absolute atomic E-state index is 9.27. The second-order valence-corrected chi connectivity index (χ2v) is 16.5. The third kappa shape index (κ3) is 8.18. The topological polar surface area (TPSA) is 62.0 Å². The molecular weight excluding hydrogens is 741 g/mol. The van der Waals surface area contributed by atoms with Crippen molar-refractivity contribution in [2.45, 2.75) is 37.5 Å². The minimum atomic E-state index is 0.193. The molecule has 10 rings (SSSR count). The fourth-order valence-electron chi connectivity index (χ4n) is 9.36. The van der Waals surface area contributed by atoms with Gasteiger partial charge >= 0.3 is 0 Å². The lowest BCUT2D eigenvalue weighted by Gasteiger charge is -2.27. The zero-order valence-electron chi connectivity index (χ0n) is 34.1. The Morgan fingerprint density at radius 2 is 1.07 bits per heavy atom. The predicted molar refractivity (Wildman–Crippen MR) is 253 cm³/mol. The molecular formula is C57H46N4. The Balaban J connectivity index is 0.979. The molecule has 0 aliphatic heterocycles. The van der Waals surface area contributed by atoms with E-state index in [0.29, 0.717) is 11.2 Å². The highest BCUT2D eigenvalue weighted by molar-refractivity contribution is 6.17. The van der Waals surface area contributed by atoms with Crippen molar-refractivity contribution in [2.75, 3.05) is 0 Å². The smallest absolute Gasteiger partial charge is 0.160 e. The van der Waals surface area contributed by atoms with E-state index in [1.165, 1.54) is 37.7 Å². The van der Waals surface area contributed by atoms with Crippen LogP contribution in [0.5, 0.6) is 0 Å². The Bertz CT molecular complexity index is 2890. The first-order valence-corrected chi connectivity index (χ1v) is 21.4. The van der Waals surface area contributed by atoms with Gasteiger partial charge in [0.25, 0.3) is 0 Å². The van der Waals surface area contributed by atoms with Crippen molar-refractivity contribution in [1.29, 1.82) is 5.41 Å². The summed E-state index contributed by atoms with van der Waals surface area (Å²) >= 11 is 0. The van der Waals surface area contributed by atoms with Crippen LogP contribution in [0.25, 0.3) is 62.2 Å². The highest BCUT2D eigenvalue weighted by Crippen LogP contribution is 2.55. The van der Waals surface area contributed by atoms with Crippen LogP contribution in [0.2, 0.25) is 0 Å². The van der Waals surface area contributed by atoms with E-state index in [1.54, 1.807) is 0 Å². The summed E-state index contributed by atoms with van der Waals surface area (Å²) in [6, 6.07) is 67.2. The van der Waals surface area contributed by atoms with Gasteiger partial charge in [0, 0.05) is 27.8 Å². The van der Waals surface area contributed by atoms with Crippen LogP contribution in [0, 0.1) is 11.3 Å². The van der Waals surface area contributed by atoms with Crippen molar-refractivity contribution < 1.29 is 0 Å². The standard InChI is InChI=1S/C57H46N4/c58-55(59-52(30-25-40-13-4-1-5-14-40)44-28-26-43(27-29-44)42-15-6-2-7-16-42)50-23-11-20-47(36-50)46-19-10-21-48(35-46)53-38-54(61-56(60-53)45-17-8-3-9-18-45)49-22-12-24-51(37-49)57-33-31-41(39-57)32-34-57/h1-30,35-38,41,58H,31-34,39H2/b30-25+,58-55?,59-52?. The Hall–Kier alpha value is -7.30. The third-order valence-electron chi connectivity index (χ3n) is 12.7. The summed E-state index contributed by atoms with van der Waals surface area (Å²) in [6.45, 7) is 0. The Labute approximate surface area is 358 Å². The molecule has 7 aromatic carbocycles. The highest BCUT2D eigenvalue weighted by atomic mass is 14.9. The van der Waals surface area contributed by atoms with E-state index in [2.05, 4.69) is 146 Å². The van der Waals surface area contributed by atoms with Crippen molar-refractivity contribution in [3.05, 3.63) is 222 Å². The van der Waals surface area contributed by atoms with Crippen molar-refractivity contribution in [3.8, 4) is 56.2 Å². The predicted octanol–water partition coefficient (Wildman–Crippen LogP) is 14.2. The van der Waals surface area contributed by atoms with Gasteiger partial charge in [-0.25, -0.2) is 15.0 Å². The summed E-state index contributed by atoms with van der Waals surface area (Å²) in [5, 5.41) is 9.27. The first-order valence-electron chi connectivity index (χ1n) is 21.4. The number of aromatic nitrogens is 2. The van der Waals surface area contributed by atoms with Crippen molar-refractivity contribution in [3.63, 3.8) is 0 Å². The van der Waals surface area contributed by atoms with Crippen LogP contribution >= 0.6 is 0 Å². The summed E-state index contributed by atoms with van der Waals surface area (Å²) in [7, 11) is 0. The first kappa shape index (κ1) is 37.9. The van der Waals surface area contributed by atoms with Crippen molar-refractivity contribution in [1.82, 2.24) is 9.97 Å². The Morgan fingerprint density at radius 1 is 0.508 bits per heavy atom. The Kier molecular flexibility index (Phi) is 10.4. The largest absolute Gasteiger partial charge is 0.282 e. The van der Waals surface area contributed by atoms with Gasteiger partial charge < -0.3 is 0 Å². The quantitative estimate of drug-likeness (QED) is 0.111. The summed E-state index contributed by atoms with van der Waals surface area (Å²) in [5.41, 5.74) is 14.5. The van der Waals surface area contributed by atoms with Crippen LogP contribution in [0.1, 0.15) is 54.4 Å². The van der Waals surface area contributed by atoms with Gasteiger partial charge in [-0.1, -0.05) is 176 Å². The van der Waals surface area contributed by atoms with Crippen LogP contribution < -0.4 is 0 Å². The lowest BCUT2D eigenvalue weighted by molar-refractivity contribution is 0.419. The van der Waals surface area contributed by atoms with Crippen LogP contribution in [0.4, 0.5) is 0 Å². The minimum absolute atomic E-state index is 0.193. The molecule has 294 valence electrons. The number of aliphatic imine (C=N–C) groups is 1. The maximum atomic E-state index is 9.27. The van der Waals surface area contributed by atoms with E-state index in [0.717, 1.165) is 78.7 Å². The molecule has 1 N–H and O–H groups in total. The molecule has 0 unspecified atom stereocenters. The molecule has 2 bridgehead atoms. The lowest BCUT2D eigenvalue weighted by Crippen LogP contribution is -2.19.